The summed E-state index contributed by atoms with van der Waals surface area (Å²) in [5, 5.41) is 10.5. The molecule has 3 rings (SSSR count). The van der Waals surface area contributed by atoms with Crippen LogP contribution in [0.1, 0.15) is 37.1 Å². The quantitative estimate of drug-likeness (QED) is 0.620. The van der Waals surface area contributed by atoms with Gasteiger partial charge in [0.05, 0.1) is 0 Å². The molecule has 1 unspecified atom stereocenters. The molecule has 6 heteroatoms. The van der Waals surface area contributed by atoms with Crippen LogP contribution in [-0.2, 0) is 10.4 Å². The molecule has 150 valence electrons. The number of rotatable bonds is 3. The minimum absolute atomic E-state index is 0. The standard InChI is InChI=1S/C12H13N2O.C7H8.C4H9NO.Rb/c1-2-12(15,11-8-13-9-14-11)10-6-4-3-5-7-10;1-7-5-3-2-4-6-7;1-4(6)5(2)3;/h3-9,15H,2H2,1H3;2-6H,1H3;1-3H3;/q-1;;;+1. The molecule has 0 spiro atoms. The van der Waals surface area contributed by atoms with Crippen LogP contribution in [0.15, 0.2) is 73.2 Å². The van der Waals surface area contributed by atoms with Gasteiger partial charge in [0.15, 0.2) is 0 Å². The Labute approximate surface area is 223 Å². The van der Waals surface area contributed by atoms with Crippen molar-refractivity contribution in [2.24, 2.45) is 0 Å². The van der Waals surface area contributed by atoms with Crippen LogP contribution in [0.4, 0.5) is 0 Å². The van der Waals surface area contributed by atoms with E-state index in [0.29, 0.717) is 12.1 Å². The van der Waals surface area contributed by atoms with Crippen molar-refractivity contribution in [2.45, 2.75) is 32.8 Å². The predicted molar refractivity (Wildman–Crippen MR) is 113 cm³/mol. The van der Waals surface area contributed by atoms with E-state index in [1.807, 2.05) is 55.5 Å². The van der Waals surface area contributed by atoms with E-state index < -0.39 is 5.60 Å². The first-order chi connectivity index (χ1) is 13.3. The average molecular weight is 466 g/mol. The van der Waals surface area contributed by atoms with Gasteiger partial charge in [0, 0.05) is 21.0 Å². The van der Waals surface area contributed by atoms with Crippen molar-refractivity contribution in [1.29, 1.82) is 0 Å². The summed E-state index contributed by atoms with van der Waals surface area (Å²) < 4.78 is 0. The van der Waals surface area contributed by atoms with Crippen molar-refractivity contribution in [3.63, 3.8) is 0 Å². The summed E-state index contributed by atoms with van der Waals surface area (Å²) in [4.78, 5) is 19.6. The van der Waals surface area contributed by atoms with Crippen LogP contribution in [-0.4, -0.2) is 35.0 Å². The third kappa shape index (κ3) is 9.96. The SMILES string of the molecule is CC(=O)N(C)C.CCC(O)(c1ccccc1)c1c[n-]cn1.Cc1ccccc1.[Rb+]. The number of aryl methyl sites for hydroxylation is 1. The molecule has 1 atom stereocenters. The maximum Gasteiger partial charge on any atom is 1.00 e. The van der Waals surface area contributed by atoms with Gasteiger partial charge in [-0.3, -0.25) is 4.79 Å². The zero-order chi connectivity index (χ0) is 21.0. The van der Waals surface area contributed by atoms with E-state index in [-0.39, 0.29) is 64.1 Å². The molecule has 0 aliphatic heterocycles. The summed E-state index contributed by atoms with van der Waals surface area (Å²) >= 11 is 0. The first-order valence-electron chi connectivity index (χ1n) is 9.21. The largest absolute Gasteiger partial charge is 1.00 e. The van der Waals surface area contributed by atoms with E-state index in [4.69, 9.17) is 0 Å². The number of carbonyl (C=O) groups is 1. The van der Waals surface area contributed by atoms with Crippen molar-refractivity contribution >= 4 is 5.91 Å². The van der Waals surface area contributed by atoms with Crippen LogP contribution in [0, 0.1) is 6.92 Å². The minimum atomic E-state index is -1.02. The van der Waals surface area contributed by atoms with Gasteiger partial charge in [0.2, 0.25) is 5.91 Å². The molecule has 0 fully saturated rings. The summed E-state index contributed by atoms with van der Waals surface area (Å²) in [6.07, 6.45) is 3.64. The van der Waals surface area contributed by atoms with Crippen LogP contribution < -0.4 is 63.2 Å². The summed E-state index contributed by atoms with van der Waals surface area (Å²) in [5.41, 5.74) is 1.77. The molecule has 1 N–H and O–H groups in total. The topological polar surface area (TPSA) is 67.5 Å². The zero-order valence-corrected chi connectivity index (χ0v) is 23.2. The fraction of sp³-hybridized carbons (Fsp3) is 0.304. The third-order valence-electron chi connectivity index (χ3n) is 4.22. The first kappa shape index (κ1) is 27.9. The predicted octanol–water partition coefficient (Wildman–Crippen LogP) is 0.778. The second-order valence-electron chi connectivity index (χ2n) is 6.56. The second kappa shape index (κ2) is 14.8. The average Bonchev–Trinajstić information content (AvgIpc) is 3.25. The number of benzene rings is 2. The molecule has 5 nitrogen and oxygen atoms in total. The van der Waals surface area contributed by atoms with Crippen molar-refractivity contribution < 1.29 is 68.1 Å². The Kier molecular flexibility index (Phi) is 14.2. The molecule has 1 amide bonds. The molecule has 29 heavy (non-hydrogen) atoms. The molecule has 0 aliphatic rings. The fourth-order valence-electron chi connectivity index (χ4n) is 2.23. The minimum Gasteiger partial charge on any atom is -0.449 e. The molecule has 1 heterocycles. The van der Waals surface area contributed by atoms with Gasteiger partial charge >= 0.3 is 58.2 Å². The Morgan fingerprint density at radius 2 is 1.55 bits per heavy atom. The maximum atomic E-state index is 10.5. The van der Waals surface area contributed by atoms with Gasteiger partial charge in [-0.2, -0.15) is 0 Å². The monoisotopic (exact) mass is 465 g/mol. The number of aromatic nitrogens is 2. The molecule has 0 aliphatic carbocycles. The van der Waals surface area contributed by atoms with Crippen LogP contribution in [0.3, 0.4) is 0 Å². The molecule has 3 aromatic rings. The van der Waals surface area contributed by atoms with Crippen LogP contribution in [0.25, 0.3) is 0 Å². The number of imidazole rings is 1. The van der Waals surface area contributed by atoms with E-state index >= 15 is 0 Å². The fourth-order valence-corrected chi connectivity index (χ4v) is 2.23. The Hall–Kier alpha value is -1.11. The van der Waals surface area contributed by atoms with Crippen LogP contribution in [0.5, 0.6) is 0 Å². The van der Waals surface area contributed by atoms with Gasteiger partial charge in [-0.05, 0) is 24.6 Å². The van der Waals surface area contributed by atoms with E-state index in [9.17, 15) is 9.90 Å². The summed E-state index contributed by atoms with van der Waals surface area (Å²) in [5.74, 6) is 0.0926. The number of amides is 1. The van der Waals surface area contributed by atoms with Crippen molar-refractivity contribution in [2.75, 3.05) is 14.1 Å². The Bertz CT molecular complexity index is 794. The number of aliphatic hydroxyl groups is 1. The van der Waals surface area contributed by atoms with Crippen molar-refractivity contribution in [3.8, 4) is 0 Å². The van der Waals surface area contributed by atoms with Gasteiger partial charge in [-0.15, -0.1) is 0 Å². The van der Waals surface area contributed by atoms with E-state index in [1.54, 1.807) is 20.3 Å². The van der Waals surface area contributed by atoms with E-state index in [2.05, 4.69) is 29.0 Å². The molecule has 0 radical (unpaired) electrons. The summed E-state index contributed by atoms with van der Waals surface area (Å²) in [6.45, 7) is 5.54. The Morgan fingerprint density at radius 1 is 1.07 bits per heavy atom. The Balaban J connectivity index is 0.000000470. The number of hydrogen-bond acceptors (Lipinski definition) is 3. The van der Waals surface area contributed by atoms with Gasteiger partial charge in [0.25, 0.3) is 0 Å². The third-order valence-corrected chi connectivity index (χ3v) is 4.22. The number of hydrogen-bond donors (Lipinski definition) is 1. The van der Waals surface area contributed by atoms with Crippen LogP contribution in [0.2, 0.25) is 0 Å². The molecule has 0 bridgehead atoms. The van der Waals surface area contributed by atoms with Gasteiger partial charge < -0.3 is 20.0 Å². The molecule has 2 aromatic carbocycles. The van der Waals surface area contributed by atoms with Gasteiger partial charge in [-0.1, -0.05) is 85.7 Å². The van der Waals surface area contributed by atoms with Crippen molar-refractivity contribution in [1.82, 2.24) is 14.9 Å². The van der Waals surface area contributed by atoms with Crippen LogP contribution >= 0.6 is 0 Å². The normalized spacial score (nSPS) is 11.4. The molecule has 0 saturated heterocycles. The smallest absolute Gasteiger partial charge is 0.449 e. The Morgan fingerprint density at radius 3 is 1.86 bits per heavy atom. The summed E-state index contributed by atoms with van der Waals surface area (Å²) in [7, 11) is 3.45. The molecule has 0 saturated carbocycles. The molecular formula is C23H30N3O2Rb. The van der Waals surface area contributed by atoms with E-state index in [1.165, 1.54) is 23.7 Å². The maximum absolute atomic E-state index is 10.5. The molecule has 1 aromatic heterocycles. The number of carbonyl (C=O) groups excluding carboxylic acids is 1. The first-order valence-corrected chi connectivity index (χ1v) is 9.21. The summed E-state index contributed by atoms with van der Waals surface area (Å²) in [6, 6.07) is 19.8. The second-order valence-corrected chi connectivity index (χ2v) is 6.56. The zero-order valence-electron chi connectivity index (χ0n) is 18.3. The van der Waals surface area contributed by atoms with E-state index in [0.717, 1.165) is 5.56 Å². The van der Waals surface area contributed by atoms with Gasteiger partial charge in [0.1, 0.15) is 5.60 Å². The number of nitrogens with zero attached hydrogens (tertiary/aromatic N) is 3. The van der Waals surface area contributed by atoms with Gasteiger partial charge in [-0.25, -0.2) is 0 Å². The van der Waals surface area contributed by atoms with Crippen molar-refractivity contribution in [3.05, 3.63) is 90.0 Å². The molecular weight excluding hydrogens is 436 g/mol.